The Morgan fingerprint density at radius 3 is 1.16 bits per heavy atom. The maximum atomic E-state index is 15.0. The molecule has 0 saturated heterocycles. The Morgan fingerprint density at radius 1 is 0.548 bits per heavy atom. The molecular weight excluding hydrogens is 439 g/mol. The topological polar surface area (TPSA) is 9.23 Å². The second-order valence-electron chi connectivity index (χ2n) is 7.51. The highest BCUT2D eigenvalue weighted by Gasteiger charge is 2.50. The zero-order chi connectivity index (χ0) is 21.6. The predicted octanol–water partition coefficient (Wildman–Crippen LogP) is 3.81. The first-order chi connectivity index (χ1) is 15.2. The number of rotatable bonds is 8. The number of benzene rings is 4. The Hall–Kier alpha value is -2.51. The second-order valence-corrected chi connectivity index (χ2v) is 15.3. The van der Waals surface area contributed by atoms with Crippen molar-refractivity contribution < 1.29 is 8.51 Å². The smallest absolute Gasteiger partial charge is 0.278 e. The van der Waals surface area contributed by atoms with Crippen molar-refractivity contribution in [2.45, 2.75) is 0 Å². The SMILES string of the molecule is FC[Si](CCl)(O[Si](c1ccccc1)(c1ccccc1)c1ccccc1)c1ccccc1. The van der Waals surface area contributed by atoms with Crippen LogP contribution < -0.4 is 20.7 Å². The summed E-state index contributed by atoms with van der Waals surface area (Å²) in [5, 5.41) is 4.13. The molecule has 0 aromatic heterocycles. The van der Waals surface area contributed by atoms with Crippen LogP contribution in [-0.4, -0.2) is 28.4 Å². The van der Waals surface area contributed by atoms with E-state index in [9.17, 15) is 4.39 Å². The summed E-state index contributed by atoms with van der Waals surface area (Å²) in [6.07, 6.45) is -0.582. The third-order valence-electron chi connectivity index (χ3n) is 5.62. The summed E-state index contributed by atoms with van der Waals surface area (Å²) in [5.74, 6) is 0. The summed E-state index contributed by atoms with van der Waals surface area (Å²) in [5.41, 5.74) is 0.148. The van der Waals surface area contributed by atoms with Crippen LogP contribution >= 0.6 is 11.6 Å². The summed E-state index contributed by atoms with van der Waals surface area (Å²) in [6.45, 7) is 0. The van der Waals surface area contributed by atoms with Gasteiger partial charge in [-0.1, -0.05) is 121 Å². The van der Waals surface area contributed by atoms with E-state index in [1.54, 1.807) is 0 Å². The van der Waals surface area contributed by atoms with Crippen LogP contribution in [-0.2, 0) is 4.12 Å². The Bertz CT molecular complexity index is 979. The molecule has 0 spiro atoms. The molecule has 4 aromatic carbocycles. The van der Waals surface area contributed by atoms with Gasteiger partial charge in [0.15, 0.2) is 0 Å². The van der Waals surface area contributed by atoms with Gasteiger partial charge in [-0.2, -0.15) is 0 Å². The van der Waals surface area contributed by atoms with Gasteiger partial charge in [0.25, 0.3) is 16.6 Å². The van der Waals surface area contributed by atoms with Gasteiger partial charge in [-0.3, -0.25) is 4.39 Å². The molecule has 0 aliphatic rings. The van der Waals surface area contributed by atoms with E-state index in [1.165, 1.54) is 0 Å². The van der Waals surface area contributed by atoms with Crippen molar-refractivity contribution in [2.24, 2.45) is 0 Å². The van der Waals surface area contributed by atoms with Gasteiger partial charge in [0, 0.05) is 5.50 Å². The number of halogens is 2. The van der Waals surface area contributed by atoms with Crippen LogP contribution in [0.4, 0.5) is 4.39 Å². The molecule has 0 saturated carbocycles. The average molecular weight is 463 g/mol. The lowest BCUT2D eigenvalue weighted by molar-refractivity contribution is 0.497. The van der Waals surface area contributed by atoms with E-state index in [4.69, 9.17) is 15.7 Å². The highest BCUT2D eigenvalue weighted by Crippen LogP contribution is 2.19. The van der Waals surface area contributed by atoms with Gasteiger partial charge in [-0.15, -0.1) is 11.6 Å². The lowest BCUT2D eigenvalue weighted by Crippen LogP contribution is -2.76. The molecule has 5 heteroatoms. The minimum atomic E-state index is -3.14. The fourth-order valence-corrected chi connectivity index (χ4v) is 14.0. The molecule has 4 rings (SSSR count). The number of alkyl halides is 2. The van der Waals surface area contributed by atoms with Crippen LogP contribution in [0.2, 0.25) is 0 Å². The van der Waals surface area contributed by atoms with Gasteiger partial charge in [0.2, 0.25) is 0 Å². The fourth-order valence-electron chi connectivity index (χ4n) is 4.03. The summed E-state index contributed by atoms with van der Waals surface area (Å²) >= 11 is 6.55. The van der Waals surface area contributed by atoms with E-state index in [2.05, 4.69) is 36.4 Å². The standard InChI is InChI=1S/C26H24ClFOSi2/c27-21-30(22-28,23-13-5-1-6-14-23)29-31(24-15-7-2-8-16-24,25-17-9-3-10-18-25)26-19-11-4-12-20-26/h1-20H,21-22H2. The van der Waals surface area contributed by atoms with Crippen molar-refractivity contribution in [2.75, 3.05) is 11.8 Å². The second kappa shape index (κ2) is 9.75. The molecule has 1 nitrogen and oxygen atoms in total. The van der Waals surface area contributed by atoms with Gasteiger partial charge in [0.1, 0.15) is 6.30 Å². The lowest BCUT2D eigenvalue weighted by Gasteiger charge is -2.41. The molecule has 0 bridgehead atoms. The summed E-state index contributed by atoms with van der Waals surface area (Å²) in [4.78, 5) is 0. The van der Waals surface area contributed by atoms with Gasteiger partial charge in [0.05, 0.1) is 0 Å². The van der Waals surface area contributed by atoms with Crippen molar-refractivity contribution in [3.63, 3.8) is 0 Å². The molecule has 4 aromatic rings. The van der Waals surface area contributed by atoms with Crippen LogP contribution in [0.25, 0.3) is 0 Å². The molecule has 1 unspecified atom stereocenters. The third kappa shape index (κ3) is 4.17. The zero-order valence-corrected chi connectivity index (χ0v) is 19.9. The molecule has 31 heavy (non-hydrogen) atoms. The predicted molar refractivity (Wildman–Crippen MR) is 134 cm³/mol. The number of hydrogen-bond donors (Lipinski definition) is 0. The maximum Gasteiger partial charge on any atom is 0.278 e. The quantitative estimate of drug-likeness (QED) is 0.220. The fraction of sp³-hybridized carbons (Fsp3) is 0.0769. The van der Waals surface area contributed by atoms with Crippen LogP contribution in [0.1, 0.15) is 0 Å². The van der Waals surface area contributed by atoms with Crippen LogP contribution in [0.15, 0.2) is 121 Å². The largest absolute Gasteiger partial charge is 0.440 e. The van der Waals surface area contributed by atoms with E-state index in [1.807, 2.05) is 84.9 Å². The van der Waals surface area contributed by atoms with Crippen molar-refractivity contribution in [1.29, 1.82) is 0 Å². The lowest BCUT2D eigenvalue weighted by atomic mass is 10.3. The van der Waals surface area contributed by atoms with E-state index in [-0.39, 0.29) is 5.50 Å². The first-order valence-electron chi connectivity index (χ1n) is 10.3. The van der Waals surface area contributed by atoms with E-state index in [0.717, 1.165) is 20.7 Å². The minimum Gasteiger partial charge on any atom is -0.440 e. The Morgan fingerprint density at radius 2 is 0.871 bits per heavy atom. The van der Waals surface area contributed by atoms with E-state index < -0.39 is 22.9 Å². The van der Waals surface area contributed by atoms with Gasteiger partial charge < -0.3 is 4.12 Å². The van der Waals surface area contributed by atoms with Crippen LogP contribution in [0, 0.1) is 0 Å². The summed E-state index contributed by atoms with van der Waals surface area (Å²) < 4.78 is 22.2. The minimum absolute atomic E-state index is 0.148. The van der Waals surface area contributed by atoms with Crippen molar-refractivity contribution in [3.05, 3.63) is 121 Å². The molecule has 0 heterocycles. The average Bonchev–Trinajstić information content (AvgIpc) is 2.87. The monoisotopic (exact) mass is 462 g/mol. The van der Waals surface area contributed by atoms with Crippen molar-refractivity contribution in [3.8, 4) is 0 Å². The molecule has 0 amide bonds. The summed E-state index contributed by atoms with van der Waals surface area (Å²) in [7, 11) is -6.19. The highest BCUT2D eigenvalue weighted by atomic mass is 35.5. The van der Waals surface area contributed by atoms with Gasteiger partial charge in [-0.25, -0.2) is 0 Å². The van der Waals surface area contributed by atoms with Gasteiger partial charge >= 0.3 is 0 Å². The Labute approximate surface area is 190 Å². The maximum absolute atomic E-state index is 15.0. The summed E-state index contributed by atoms with van der Waals surface area (Å²) in [6, 6.07) is 40.4. The molecule has 0 fully saturated rings. The molecule has 0 aliphatic heterocycles. The van der Waals surface area contributed by atoms with Crippen molar-refractivity contribution in [1.82, 2.24) is 0 Å². The van der Waals surface area contributed by atoms with Crippen LogP contribution in [0.3, 0.4) is 0 Å². The Balaban J connectivity index is 2.02. The molecule has 0 aliphatic carbocycles. The van der Waals surface area contributed by atoms with Gasteiger partial charge in [-0.05, 0) is 20.7 Å². The normalized spacial score (nSPS) is 13.5. The third-order valence-corrected chi connectivity index (χ3v) is 15.4. The Kier molecular flexibility index (Phi) is 6.83. The van der Waals surface area contributed by atoms with Crippen molar-refractivity contribution >= 4 is 49.0 Å². The van der Waals surface area contributed by atoms with E-state index in [0.29, 0.717) is 0 Å². The molecular formula is C26H24ClFOSi2. The number of hydrogen-bond acceptors (Lipinski definition) is 1. The zero-order valence-electron chi connectivity index (χ0n) is 17.1. The van der Waals surface area contributed by atoms with E-state index >= 15 is 0 Å². The van der Waals surface area contributed by atoms with Crippen LogP contribution in [0.5, 0.6) is 0 Å². The molecule has 0 radical (unpaired) electrons. The molecule has 1 atom stereocenters. The molecule has 156 valence electrons. The highest BCUT2D eigenvalue weighted by molar-refractivity contribution is 7.12. The molecule has 0 N–H and O–H groups in total. The first kappa shape index (κ1) is 21.7. The first-order valence-corrected chi connectivity index (χ1v) is 15.1.